The van der Waals surface area contributed by atoms with Gasteiger partial charge in [-0.2, -0.15) is 5.26 Å². The number of hydrogen-bond acceptors (Lipinski definition) is 7. The number of benzene rings is 4. The molecule has 6 nitrogen and oxygen atoms in total. The van der Waals surface area contributed by atoms with E-state index in [1.165, 1.54) is 17.4 Å². The minimum Gasteiger partial charge on any atom is -0.489 e. The van der Waals surface area contributed by atoms with Gasteiger partial charge < -0.3 is 19.9 Å². The SMILES string of the molecule is N#CC1=C(N)Oc2cc(OC(=O)c3sc4ccccc4c3Cl)ccc2C1c1ccc(OCc2ccccc2F)cc1. The molecule has 0 radical (unpaired) electrons. The maximum atomic E-state index is 13.9. The number of nitrogens with zero attached hydrogens (tertiary/aromatic N) is 1. The third-order valence-corrected chi connectivity index (χ3v) is 8.34. The van der Waals surface area contributed by atoms with Gasteiger partial charge >= 0.3 is 5.97 Å². The number of hydrogen-bond donors (Lipinski definition) is 1. The Morgan fingerprint density at radius 3 is 2.51 bits per heavy atom. The molecule has 1 aromatic heterocycles. The van der Waals surface area contributed by atoms with Crippen molar-refractivity contribution < 1.29 is 23.4 Å². The van der Waals surface area contributed by atoms with Crippen LogP contribution in [0, 0.1) is 17.1 Å². The average molecular weight is 583 g/mol. The summed E-state index contributed by atoms with van der Waals surface area (Å²) in [5.74, 6) is -0.339. The summed E-state index contributed by atoms with van der Waals surface area (Å²) in [7, 11) is 0. The topological polar surface area (TPSA) is 94.6 Å². The van der Waals surface area contributed by atoms with Gasteiger partial charge in [-0.15, -0.1) is 11.3 Å². The molecule has 0 bridgehead atoms. The lowest BCUT2D eigenvalue weighted by molar-refractivity contribution is 0.0740. The van der Waals surface area contributed by atoms with Gasteiger partial charge in [0.25, 0.3) is 0 Å². The van der Waals surface area contributed by atoms with Crippen molar-refractivity contribution in [3.05, 3.63) is 135 Å². The number of fused-ring (bicyclic) bond motifs is 2. The van der Waals surface area contributed by atoms with Gasteiger partial charge in [0.2, 0.25) is 5.88 Å². The lowest BCUT2D eigenvalue weighted by Crippen LogP contribution is -2.21. The molecule has 1 aliphatic rings. The summed E-state index contributed by atoms with van der Waals surface area (Å²) in [6, 6.07) is 28.1. The molecule has 1 unspecified atom stereocenters. The molecule has 1 aliphatic heterocycles. The molecule has 4 aromatic carbocycles. The Balaban J connectivity index is 1.25. The first-order chi connectivity index (χ1) is 19.9. The highest BCUT2D eigenvalue weighted by molar-refractivity contribution is 7.21. The van der Waals surface area contributed by atoms with Crippen LogP contribution in [0.4, 0.5) is 4.39 Å². The highest BCUT2D eigenvalue weighted by atomic mass is 35.5. The zero-order valence-electron chi connectivity index (χ0n) is 21.3. The number of thiophene rings is 1. The van der Waals surface area contributed by atoms with E-state index in [-0.39, 0.29) is 29.6 Å². The number of esters is 1. The lowest BCUT2D eigenvalue weighted by atomic mass is 9.83. The number of nitriles is 1. The van der Waals surface area contributed by atoms with E-state index in [4.69, 9.17) is 31.5 Å². The molecule has 6 rings (SSSR count). The Morgan fingerprint density at radius 2 is 1.76 bits per heavy atom. The van der Waals surface area contributed by atoms with Gasteiger partial charge in [0.1, 0.15) is 46.2 Å². The first-order valence-corrected chi connectivity index (χ1v) is 13.7. The number of rotatable bonds is 6. The molecule has 0 amide bonds. The van der Waals surface area contributed by atoms with Crippen molar-refractivity contribution in [2.45, 2.75) is 12.5 Å². The number of allylic oxidation sites excluding steroid dienone is 1. The quantitative estimate of drug-likeness (QED) is 0.163. The second-order valence-electron chi connectivity index (χ2n) is 9.20. The number of ether oxygens (including phenoxy) is 3. The number of carbonyl (C=O) groups is 1. The first-order valence-electron chi connectivity index (χ1n) is 12.5. The molecular formula is C32H20ClFN2O4S. The third-order valence-electron chi connectivity index (χ3n) is 6.69. The predicted octanol–water partition coefficient (Wildman–Crippen LogP) is 7.71. The molecule has 9 heteroatoms. The fourth-order valence-corrected chi connectivity index (χ4v) is 6.06. The van der Waals surface area contributed by atoms with E-state index in [0.717, 1.165) is 15.6 Å². The minimum absolute atomic E-state index is 0.0408. The summed E-state index contributed by atoms with van der Waals surface area (Å²) < 4.78 is 32.0. The predicted molar refractivity (Wildman–Crippen MR) is 155 cm³/mol. The van der Waals surface area contributed by atoms with Crippen LogP contribution in [0.3, 0.4) is 0 Å². The zero-order chi connectivity index (χ0) is 28.5. The minimum atomic E-state index is -0.587. The molecule has 202 valence electrons. The second-order valence-corrected chi connectivity index (χ2v) is 10.6. The summed E-state index contributed by atoms with van der Waals surface area (Å²) in [6.07, 6.45) is 0. The standard InChI is InChI=1S/C32H20ClFN2O4S/c33-29-23-6-2-4-8-27(23)41-30(29)32(37)39-21-13-14-22-26(15-21)40-31(36)24(16-35)28(22)18-9-11-20(12-10-18)38-17-19-5-1-3-7-25(19)34/h1-15,28H,17,36H2. The third kappa shape index (κ3) is 5.09. The Morgan fingerprint density at radius 1 is 1.02 bits per heavy atom. The fourth-order valence-electron chi connectivity index (χ4n) is 4.67. The molecule has 5 aromatic rings. The van der Waals surface area contributed by atoms with E-state index in [9.17, 15) is 14.4 Å². The van der Waals surface area contributed by atoms with Crippen molar-refractivity contribution in [1.29, 1.82) is 5.26 Å². The van der Waals surface area contributed by atoms with Crippen molar-refractivity contribution in [1.82, 2.24) is 0 Å². The molecule has 0 saturated heterocycles. The Kier molecular flexibility index (Phi) is 7.06. The zero-order valence-corrected chi connectivity index (χ0v) is 22.8. The van der Waals surface area contributed by atoms with Crippen LogP contribution in [0.15, 0.2) is 102 Å². The van der Waals surface area contributed by atoms with Crippen molar-refractivity contribution in [3.63, 3.8) is 0 Å². The Hall–Kier alpha value is -4.84. The number of carbonyl (C=O) groups excluding carboxylic acids is 1. The van der Waals surface area contributed by atoms with Gasteiger partial charge in [-0.1, -0.05) is 66.2 Å². The van der Waals surface area contributed by atoms with Gasteiger partial charge in [-0.25, -0.2) is 9.18 Å². The van der Waals surface area contributed by atoms with E-state index >= 15 is 0 Å². The van der Waals surface area contributed by atoms with Crippen LogP contribution in [0.2, 0.25) is 5.02 Å². The fraction of sp³-hybridized carbons (Fsp3) is 0.0625. The Labute approximate surface area is 243 Å². The summed E-state index contributed by atoms with van der Waals surface area (Å²) in [5.41, 5.74) is 8.29. The van der Waals surface area contributed by atoms with E-state index in [2.05, 4.69) is 6.07 Å². The normalized spacial score (nSPS) is 14.2. The average Bonchev–Trinajstić information content (AvgIpc) is 3.33. The van der Waals surface area contributed by atoms with Crippen LogP contribution >= 0.6 is 22.9 Å². The van der Waals surface area contributed by atoms with Crippen molar-refractivity contribution in [2.24, 2.45) is 5.73 Å². The van der Waals surface area contributed by atoms with Crippen LogP contribution in [0.1, 0.15) is 32.3 Å². The van der Waals surface area contributed by atoms with Crippen LogP contribution < -0.4 is 19.9 Å². The molecule has 41 heavy (non-hydrogen) atoms. The number of halogens is 2. The summed E-state index contributed by atoms with van der Waals surface area (Å²) in [5, 5.41) is 11.0. The summed E-state index contributed by atoms with van der Waals surface area (Å²) in [6.45, 7) is 0.0800. The van der Waals surface area contributed by atoms with Crippen molar-refractivity contribution in [2.75, 3.05) is 0 Å². The Bertz CT molecular complexity index is 1880. The lowest BCUT2D eigenvalue weighted by Gasteiger charge is -2.26. The summed E-state index contributed by atoms with van der Waals surface area (Å²) >= 11 is 7.70. The molecule has 0 saturated carbocycles. The molecule has 0 fully saturated rings. The summed E-state index contributed by atoms with van der Waals surface area (Å²) in [4.78, 5) is 13.3. The number of nitrogens with two attached hydrogens (primary N) is 1. The van der Waals surface area contributed by atoms with Gasteiger partial charge in [-0.05, 0) is 35.9 Å². The molecular weight excluding hydrogens is 563 g/mol. The van der Waals surface area contributed by atoms with Crippen LogP contribution in [-0.4, -0.2) is 5.97 Å². The monoisotopic (exact) mass is 582 g/mol. The first kappa shape index (κ1) is 26.4. The van der Waals surface area contributed by atoms with Crippen LogP contribution in [-0.2, 0) is 6.61 Å². The molecule has 2 heterocycles. The van der Waals surface area contributed by atoms with E-state index in [0.29, 0.717) is 32.5 Å². The van der Waals surface area contributed by atoms with Crippen molar-refractivity contribution in [3.8, 4) is 23.3 Å². The van der Waals surface area contributed by atoms with E-state index < -0.39 is 11.9 Å². The van der Waals surface area contributed by atoms with Crippen LogP contribution in [0.5, 0.6) is 17.2 Å². The van der Waals surface area contributed by atoms with Crippen molar-refractivity contribution >= 4 is 39.0 Å². The van der Waals surface area contributed by atoms with E-state index in [1.807, 2.05) is 36.4 Å². The second kappa shape index (κ2) is 11.0. The maximum Gasteiger partial charge on any atom is 0.355 e. The molecule has 1 atom stereocenters. The van der Waals surface area contributed by atoms with E-state index in [1.54, 1.807) is 48.5 Å². The molecule has 0 aliphatic carbocycles. The van der Waals surface area contributed by atoms with Crippen LogP contribution in [0.25, 0.3) is 10.1 Å². The smallest absolute Gasteiger partial charge is 0.355 e. The van der Waals surface area contributed by atoms with Gasteiger partial charge in [0.05, 0.1) is 10.9 Å². The van der Waals surface area contributed by atoms with Gasteiger partial charge in [0, 0.05) is 27.3 Å². The largest absolute Gasteiger partial charge is 0.489 e. The molecule has 0 spiro atoms. The highest BCUT2D eigenvalue weighted by Gasteiger charge is 2.31. The maximum absolute atomic E-state index is 13.9. The van der Waals surface area contributed by atoms with Gasteiger partial charge in [-0.3, -0.25) is 0 Å². The highest BCUT2D eigenvalue weighted by Crippen LogP contribution is 2.44. The van der Waals surface area contributed by atoms with Gasteiger partial charge in [0.15, 0.2) is 0 Å². The molecule has 2 N–H and O–H groups in total.